The molecule has 10 nitrogen and oxygen atoms in total. The van der Waals surface area contributed by atoms with Gasteiger partial charge in [-0.25, -0.2) is 4.79 Å². The summed E-state index contributed by atoms with van der Waals surface area (Å²) in [7, 11) is 0. The van der Waals surface area contributed by atoms with Crippen molar-refractivity contribution in [2.45, 2.75) is 62.6 Å². The minimum absolute atomic E-state index is 0.125. The zero-order valence-electron chi connectivity index (χ0n) is 19.3. The Kier molecular flexibility index (Phi) is 6.63. The first kappa shape index (κ1) is 24.8. The summed E-state index contributed by atoms with van der Waals surface area (Å²) < 4.78 is 11.5. The second-order valence-corrected chi connectivity index (χ2v) is 10.3. The maximum atomic E-state index is 13.1. The number of carbonyl (C=O) groups excluding carboxylic acids is 2. The molecule has 0 radical (unpaired) electrons. The van der Waals surface area contributed by atoms with E-state index in [1.54, 1.807) is 4.90 Å². The molecule has 4 rings (SSSR count). The van der Waals surface area contributed by atoms with Gasteiger partial charge in [0.1, 0.15) is 18.2 Å². The van der Waals surface area contributed by atoms with Crippen LogP contribution in [0.1, 0.15) is 32.6 Å². The third kappa shape index (κ3) is 4.17. The Labute approximate surface area is 197 Å². The van der Waals surface area contributed by atoms with E-state index in [-0.39, 0.29) is 18.9 Å². The number of rotatable bonds is 6. The summed E-state index contributed by atoms with van der Waals surface area (Å²) >= 11 is 0. The van der Waals surface area contributed by atoms with Crippen molar-refractivity contribution in [2.75, 3.05) is 19.7 Å². The summed E-state index contributed by atoms with van der Waals surface area (Å²) in [6, 6.07) is -0.709. The average Bonchev–Trinajstić information content (AvgIpc) is 3.43. The van der Waals surface area contributed by atoms with E-state index in [1.807, 2.05) is 0 Å². The minimum Gasteiger partial charge on any atom is -0.480 e. The molecule has 0 aromatic rings. The highest BCUT2D eigenvalue weighted by Gasteiger charge is 2.60. The molecule has 2 saturated carbocycles. The molecule has 10 heteroatoms. The number of aliphatic carboxylic acids is 1. The van der Waals surface area contributed by atoms with Crippen molar-refractivity contribution in [3.05, 3.63) is 24.3 Å². The SMILES string of the molecule is C=C1[C@@H]2[C@H]3OC(=O)[C@@H](CN4CCC[C@H]4C(=O)O)[C@H]3[C@@H](OC(=O)[C@](C)(O)CO)CC(=C)[C@@H]2C[C@@H]1O. The number of hydrogen-bond donors (Lipinski definition) is 4. The van der Waals surface area contributed by atoms with Crippen LogP contribution >= 0.6 is 0 Å². The Bertz CT molecular complexity index is 899. The van der Waals surface area contributed by atoms with Crippen LogP contribution in [-0.2, 0) is 23.9 Å². The van der Waals surface area contributed by atoms with Gasteiger partial charge in [-0.15, -0.1) is 0 Å². The van der Waals surface area contributed by atoms with Crippen molar-refractivity contribution in [2.24, 2.45) is 23.7 Å². The first-order chi connectivity index (χ1) is 16.0. The van der Waals surface area contributed by atoms with E-state index < -0.39 is 72.2 Å². The molecule has 0 unspecified atom stereocenters. The van der Waals surface area contributed by atoms with Gasteiger partial charge >= 0.3 is 17.9 Å². The predicted octanol–water partition coefficient (Wildman–Crippen LogP) is -0.139. The highest BCUT2D eigenvalue weighted by Crippen LogP contribution is 2.53. The smallest absolute Gasteiger partial charge is 0.340 e. The third-order valence-electron chi connectivity index (χ3n) is 8.02. The number of likely N-dealkylation sites (tertiary alicyclic amines) is 1. The summed E-state index contributed by atoms with van der Waals surface area (Å²) in [6.45, 7) is 9.13. The molecule has 9 atom stereocenters. The Morgan fingerprint density at radius 1 is 1.32 bits per heavy atom. The van der Waals surface area contributed by atoms with Gasteiger partial charge in [0.2, 0.25) is 0 Å². The van der Waals surface area contributed by atoms with Crippen molar-refractivity contribution in [3.63, 3.8) is 0 Å². The lowest BCUT2D eigenvalue weighted by molar-refractivity contribution is -0.177. The lowest BCUT2D eigenvalue weighted by Gasteiger charge is -2.33. The molecule has 0 amide bonds. The van der Waals surface area contributed by atoms with Gasteiger partial charge in [-0.05, 0) is 44.2 Å². The van der Waals surface area contributed by atoms with Crippen molar-refractivity contribution in [1.82, 2.24) is 4.90 Å². The summed E-state index contributed by atoms with van der Waals surface area (Å²) in [5.74, 6) is -4.56. The molecule has 4 fully saturated rings. The predicted molar refractivity (Wildman–Crippen MR) is 117 cm³/mol. The summed E-state index contributed by atoms with van der Waals surface area (Å²) in [4.78, 5) is 39.2. The zero-order chi connectivity index (χ0) is 24.9. The topological polar surface area (TPSA) is 154 Å². The maximum Gasteiger partial charge on any atom is 0.340 e. The highest BCUT2D eigenvalue weighted by atomic mass is 16.6. The number of nitrogens with zero attached hydrogens (tertiary/aromatic N) is 1. The van der Waals surface area contributed by atoms with Gasteiger partial charge in [0, 0.05) is 24.8 Å². The standard InChI is InChI=1S/C24H33NO9/c1-11-7-17(33-23(31)24(3,32)10-26)19-14(9-25-6-4-5-15(25)21(28)29)22(30)34-20(19)18-12(2)16(27)8-13(11)18/h13-20,26-27,32H,1-2,4-10H2,3H3,(H,28,29)/t13-,14-,15-,16-,17-,18-,19-,20+,24+/m0/s1. The van der Waals surface area contributed by atoms with E-state index in [2.05, 4.69) is 13.2 Å². The molecule has 4 N–H and O–H groups in total. The van der Waals surface area contributed by atoms with Crippen LogP contribution in [0.3, 0.4) is 0 Å². The van der Waals surface area contributed by atoms with E-state index in [9.17, 15) is 34.8 Å². The summed E-state index contributed by atoms with van der Waals surface area (Å²) in [5, 5.41) is 39.7. The molecule has 0 aromatic carbocycles. The molecular weight excluding hydrogens is 446 g/mol. The second-order valence-electron chi connectivity index (χ2n) is 10.3. The number of carboxylic acids is 1. The molecule has 4 aliphatic rings. The van der Waals surface area contributed by atoms with E-state index in [0.29, 0.717) is 31.4 Å². The van der Waals surface area contributed by atoms with Crippen molar-refractivity contribution < 1.29 is 44.3 Å². The Morgan fingerprint density at radius 3 is 2.68 bits per heavy atom. The third-order valence-corrected chi connectivity index (χ3v) is 8.02. The molecular formula is C24H33NO9. The maximum absolute atomic E-state index is 13.1. The largest absolute Gasteiger partial charge is 0.480 e. The van der Waals surface area contributed by atoms with E-state index in [1.165, 1.54) is 0 Å². The second kappa shape index (κ2) is 9.07. The number of aliphatic hydroxyl groups excluding tert-OH is 2. The highest BCUT2D eigenvalue weighted by molar-refractivity contribution is 5.80. The molecule has 0 spiro atoms. The zero-order valence-corrected chi connectivity index (χ0v) is 19.3. The van der Waals surface area contributed by atoms with Gasteiger partial charge in [0.15, 0.2) is 5.60 Å². The van der Waals surface area contributed by atoms with Gasteiger partial charge < -0.3 is 29.9 Å². The molecule has 2 aliphatic heterocycles. The summed E-state index contributed by atoms with van der Waals surface area (Å²) in [5.41, 5.74) is -0.868. The lowest BCUT2D eigenvalue weighted by Crippen LogP contribution is -2.48. The van der Waals surface area contributed by atoms with Crippen LogP contribution in [-0.4, -0.2) is 92.9 Å². The molecule has 188 valence electrons. The van der Waals surface area contributed by atoms with Crippen LogP contribution in [0.15, 0.2) is 24.3 Å². The normalized spacial score (nSPS) is 39.7. The van der Waals surface area contributed by atoms with Crippen LogP contribution in [0.4, 0.5) is 0 Å². The molecule has 0 bridgehead atoms. The fourth-order valence-electron chi connectivity index (χ4n) is 6.12. The average molecular weight is 480 g/mol. The monoisotopic (exact) mass is 479 g/mol. The number of esters is 2. The van der Waals surface area contributed by atoms with Crippen molar-refractivity contribution in [1.29, 1.82) is 0 Å². The van der Waals surface area contributed by atoms with Crippen LogP contribution < -0.4 is 0 Å². The molecule has 0 aromatic heterocycles. The fourth-order valence-corrected chi connectivity index (χ4v) is 6.12. The molecule has 2 aliphatic carbocycles. The lowest BCUT2D eigenvalue weighted by atomic mass is 9.78. The Balaban J connectivity index is 1.69. The van der Waals surface area contributed by atoms with E-state index in [0.717, 1.165) is 12.5 Å². The van der Waals surface area contributed by atoms with Gasteiger partial charge in [0.05, 0.1) is 18.6 Å². The number of hydrogen-bond acceptors (Lipinski definition) is 9. The van der Waals surface area contributed by atoms with Gasteiger partial charge in [-0.2, -0.15) is 0 Å². The van der Waals surface area contributed by atoms with Gasteiger partial charge in [-0.1, -0.05) is 18.7 Å². The van der Waals surface area contributed by atoms with Crippen LogP contribution in [0.5, 0.6) is 0 Å². The minimum atomic E-state index is -2.12. The summed E-state index contributed by atoms with van der Waals surface area (Å²) in [6.07, 6.45) is -0.673. The fraction of sp³-hybridized carbons (Fsp3) is 0.708. The molecule has 2 heterocycles. The number of ether oxygens (including phenoxy) is 2. The van der Waals surface area contributed by atoms with Crippen LogP contribution in [0, 0.1) is 23.7 Å². The number of carboxylic acid groups (broad SMARTS) is 1. The first-order valence-electron chi connectivity index (χ1n) is 11.7. The van der Waals surface area contributed by atoms with Crippen molar-refractivity contribution >= 4 is 17.9 Å². The van der Waals surface area contributed by atoms with E-state index >= 15 is 0 Å². The van der Waals surface area contributed by atoms with E-state index in [4.69, 9.17) is 9.47 Å². The van der Waals surface area contributed by atoms with Crippen LogP contribution in [0.25, 0.3) is 0 Å². The number of fused-ring (bicyclic) bond motifs is 3. The van der Waals surface area contributed by atoms with Crippen molar-refractivity contribution in [3.8, 4) is 0 Å². The Morgan fingerprint density at radius 2 is 2.03 bits per heavy atom. The Hall–Kier alpha value is -2.27. The number of carbonyl (C=O) groups is 3. The van der Waals surface area contributed by atoms with Gasteiger partial charge in [-0.3, -0.25) is 14.5 Å². The first-order valence-corrected chi connectivity index (χ1v) is 11.7. The van der Waals surface area contributed by atoms with Gasteiger partial charge in [0.25, 0.3) is 0 Å². The molecule has 34 heavy (non-hydrogen) atoms. The van der Waals surface area contributed by atoms with Crippen LogP contribution in [0.2, 0.25) is 0 Å². The number of aliphatic hydroxyl groups is 3. The quantitative estimate of drug-likeness (QED) is 0.299. The molecule has 2 saturated heterocycles.